The molecule has 0 saturated heterocycles. The van der Waals surface area contributed by atoms with Gasteiger partial charge in [-0.15, -0.1) is 0 Å². The molecule has 3 heterocycles. The molecule has 0 spiro atoms. The quantitative estimate of drug-likeness (QED) is 0.472. The van der Waals surface area contributed by atoms with Crippen LogP contribution in [0.5, 0.6) is 0 Å². The van der Waals surface area contributed by atoms with Crippen molar-refractivity contribution in [2.45, 2.75) is 58.7 Å². The summed E-state index contributed by atoms with van der Waals surface area (Å²) in [7, 11) is 0. The largest absolute Gasteiger partial charge is 0.356 e. The number of carbonyl (C=O) groups is 3. The highest BCUT2D eigenvalue weighted by molar-refractivity contribution is 6.04. The van der Waals surface area contributed by atoms with Crippen LogP contribution in [0.15, 0.2) is 48.5 Å². The third kappa shape index (κ3) is 3.96. The van der Waals surface area contributed by atoms with Gasteiger partial charge in [0, 0.05) is 35.1 Å². The zero-order chi connectivity index (χ0) is 25.6. The number of hydrogen-bond donors (Lipinski definition) is 3. The van der Waals surface area contributed by atoms with Gasteiger partial charge in [-0.25, -0.2) is 0 Å². The van der Waals surface area contributed by atoms with Crippen molar-refractivity contribution < 1.29 is 14.4 Å². The molecule has 0 aliphatic carbocycles. The van der Waals surface area contributed by atoms with Gasteiger partial charge in [0.05, 0.1) is 6.04 Å². The third-order valence-electron chi connectivity index (χ3n) is 7.63. The van der Waals surface area contributed by atoms with Crippen LogP contribution < -0.4 is 10.6 Å². The van der Waals surface area contributed by atoms with Crippen molar-refractivity contribution >= 4 is 28.6 Å². The number of benzene rings is 2. The fourth-order valence-corrected chi connectivity index (χ4v) is 5.50. The second-order valence-corrected chi connectivity index (χ2v) is 10.5. The third-order valence-corrected chi connectivity index (χ3v) is 7.63. The molecule has 2 aliphatic rings. The summed E-state index contributed by atoms with van der Waals surface area (Å²) in [6, 6.07) is 13.9. The fourth-order valence-electron chi connectivity index (χ4n) is 5.50. The van der Waals surface area contributed by atoms with E-state index in [0.717, 1.165) is 34.1 Å². The van der Waals surface area contributed by atoms with E-state index in [1.54, 1.807) is 4.90 Å². The SMILES string of the molecule is CC[C@@H](C)[C@H](NC(=O)[C@@H]1Cc2c([nH]c3ccccc23)[C@H]2c3ccccc3C(=O)N21)C(=O)NCC(C)C. The lowest BCUT2D eigenvalue weighted by Crippen LogP contribution is -2.58. The summed E-state index contributed by atoms with van der Waals surface area (Å²) < 4.78 is 0. The van der Waals surface area contributed by atoms with Crippen molar-refractivity contribution in [2.24, 2.45) is 11.8 Å². The zero-order valence-corrected chi connectivity index (χ0v) is 21.3. The number of aromatic nitrogens is 1. The van der Waals surface area contributed by atoms with Crippen LogP contribution in [-0.4, -0.2) is 46.2 Å². The Hall–Kier alpha value is -3.61. The summed E-state index contributed by atoms with van der Waals surface area (Å²) in [5.41, 5.74) is 4.54. The molecule has 7 heteroatoms. The molecular weight excluding hydrogens is 452 g/mol. The standard InChI is InChI=1S/C29H34N4O3/c1-5-17(4)24(28(35)30-15-16(2)3)32-27(34)23-14-21-18-10-8-9-13-22(18)31-25(21)26-19-11-6-7-12-20(19)29(36)33(23)26/h6-13,16-17,23-24,26,31H,5,14-15H2,1-4H3,(H,30,35)(H,32,34)/t17-,23+,24+,26-/m1/s1. The molecule has 0 unspecified atom stereocenters. The number of hydrogen-bond acceptors (Lipinski definition) is 3. The Morgan fingerprint density at radius 1 is 1.08 bits per heavy atom. The molecule has 0 radical (unpaired) electrons. The lowest BCUT2D eigenvalue weighted by atomic mass is 9.89. The Labute approximate surface area is 211 Å². The first-order chi connectivity index (χ1) is 17.3. The summed E-state index contributed by atoms with van der Waals surface area (Å²) >= 11 is 0. The first-order valence-electron chi connectivity index (χ1n) is 12.9. The molecular formula is C29H34N4O3. The smallest absolute Gasteiger partial charge is 0.255 e. The molecule has 3 amide bonds. The van der Waals surface area contributed by atoms with Crippen LogP contribution in [0.3, 0.4) is 0 Å². The van der Waals surface area contributed by atoms with Crippen LogP contribution in [0, 0.1) is 11.8 Å². The Kier molecular flexibility index (Phi) is 6.33. The van der Waals surface area contributed by atoms with Gasteiger partial charge in [0.1, 0.15) is 12.1 Å². The van der Waals surface area contributed by atoms with E-state index in [9.17, 15) is 14.4 Å². The van der Waals surface area contributed by atoms with E-state index in [1.807, 2.05) is 70.2 Å². The maximum absolute atomic E-state index is 13.9. The second-order valence-electron chi connectivity index (χ2n) is 10.5. The lowest BCUT2D eigenvalue weighted by molar-refractivity contribution is -0.133. The van der Waals surface area contributed by atoms with E-state index in [0.29, 0.717) is 24.4 Å². The highest BCUT2D eigenvalue weighted by Crippen LogP contribution is 2.46. The number of carbonyl (C=O) groups excluding carboxylic acids is 3. The molecule has 188 valence electrons. The molecule has 0 saturated carbocycles. The number of nitrogens with one attached hydrogen (secondary N) is 3. The van der Waals surface area contributed by atoms with Crippen molar-refractivity contribution in [1.29, 1.82) is 0 Å². The van der Waals surface area contributed by atoms with E-state index >= 15 is 0 Å². The van der Waals surface area contributed by atoms with Gasteiger partial charge in [-0.05, 0) is 35.1 Å². The number of rotatable bonds is 7. The highest BCUT2D eigenvalue weighted by atomic mass is 16.2. The number of nitrogens with zero attached hydrogens (tertiary/aromatic N) is 1. The maximum atomic E-state index is 13.9. The van der Waals surface area contributed by atoms with E-state index in [4.69, 9.17) is 0 Å². The van der Waals surface area contributed by atoms with E-state index in [-0.39, 0.29) is 29.7 Å². The predicted molar refractivity (Wildman–Crippen MR) is 139 cm³/mol. The van der Waals surface area contributed by atoms with Crippen molar-refractivity contribution in [3.05, 3.63) is 70.9 Å². The van der Waals surface area contributed by atoms with Crippen molar-refractivity contribution in [3.8, 4) is 0 Å². The molecule has 4 atom stereocenters. The summed E-state index contributed by atoms with van der Waals surface area (Å²) in [4.78, 5) is 45.8. The van der Waals surface area contributed by atoms with Crippen LogP contribution >= 0.6 is 0 Å². The predicted octanol–water partition coefficient (Wildman–Crippen LogP) is 3.94. The molecule has 3 N–H and O–H groups in total. The average Bonchev–Trinajstić information content (AvgIpc) is 3.40. The average molecular weight is 487 g/mol. The number of H-pyrrole nitrogens is 1. The first-order valence-corrected chi connectivity index (χ1v) is 12.9. The van der Waals surface area contributed by atoms with Crippen LogP contribution in [0.2, 0.25) is 0 Å². The molecule has 36 heavy (non-hydrogen) atoms. The molecule has 1 aromatic heterocycles. The van der Waals surface area contributed by atoms with Gasteiger partial charge in [0.2, 0.25) is 11.8 Å². The minimum Gasteiger partial charge on any atom is -0.356 e. The molecule has 2 aliphatic heterocycles. The molecule has 2 aromatic carbocycles. The van der Waals surface area contributed by atoms with E-state index in [2.05, 4.69) is 21.7 Å². The number of amides is 3. The van der Waals surface area contributed by atoms with Gasteiger partial charge in [-0.1, -0.05) is 70.5 Å². The van der Waals surface area contributed by atoms with Gasteiger partial charge in [0.15, 0.2) is 0 Å². The van der Waals surface area contributed by atoms with Crippen LogP contribution in [0.4, 0.5) is 0 Å². The summed E-state index contributed by atoms with van der Waals surface area (Å²) in [5.74, 6) is -0.355. The van der Waals surface area contributed by atoms with Gasteiger partial charge in [-0.3, -0.25) is 14.4 Å². The number of fused-ring (bicyclic) bond motifs is 7. The Morgan fingerprint density at radius 3 is 2.56 bits per heavy atom. The summed E-state index contributed by atoms with van der Waals surface area (Å²) in [6.45, 7) is 8.60. The normalized spacial score (nSPS) is 20.0. The van der Waals surface area contributed by atoms with Crippen LogP contribution in [-0.2, 0) is 16.0 Å². The molecule has 0 bridgehead atoms. The minimum absolute atomic E-state index is 0.0457. The first kappa shape index (κ1) is 24.1. The number of aromatic amines is 1. The van der Waals surface area contributed by atoms with Gasteiger partial charge < -0.3 is 20.5 Å². The lowest BCUT2D eigenvalue weighted by Gasteiger charge is -2.38. The Morgan fingerprint density at radius 2 is 1.81 bits per heavy atom. The summed E-state index contributed by atoms with van der Waals surface area (Å²) in [6.07, 6.45) is 1.14. The second kappa shape index (κ2) is 9.45. The van der Waals surface area contributed by atoms with Gasteiger partial charge in [-0.2, -0.15) is 0 Å². The molecule has 5 rings (SSSR count). The van der Waals surface area contributed by atoms with E-state index < -0.39 is 12.1 Å². The monoisotopic (exact) mass is 486 g/mol. The van der Waals surface area contributed by atoms with E-state index in [1.165, 1.54) is 0 Å². The Balaban J connectivity index is 1.53. The minimum atomic E-state index is -0.717. The van der Waals surface area contributed by atoms with Crippen molar-refractivity contribution in [3.63, 3.8) is 0 Å². The van der Waals surface area contributed by atoms with Crippen LogP contribution in [0.25, 0.3) is 10.9 Å². The van der Waals surface area contributed by atoms with Gasteiger partial charge >= 0.3 is 0 Å². The topological polar surface area (TPSA) is 94.3 Å². The highest BCUT2D eigenvalue weighted by Gasteiger charge is 2.49. The van der Waals surface area contributed by atoms with Crippen LogP contribution in [0.1, 0.15) is 67.3 Å². The Bertz CT molecular complexity index is 1330. The molecule has 7 nitrogen and oxygen atoms in total. The summed E-state index contributed by atoms with van der Waals surface area (Å²) in [5, 5.41) is 7.07. The number of para-hydroxylation sites is 1. The molecule has 0 fully saturated rings. The fraction of sp³-hybridized carbons (Fsp3) is 0.414. The van der Waals surface area contributed by atoms with Crippen molar-refractivity contribution in [1.82, 2.24) is 20.5 Å². The maximum Gasteiger partial charge on any atom is 0.255 e. The van der Waals surface area contributed by atoms with Crippen molar-refractivity contribution in [2.75, 3.05) is 6.54 Å². The molecule has 3 aromatic rings. The zero-order valence-electron chi connectivity index (χ0n) is 21.3. The van der Waals surface area contributed by atoms with Gasteiger partial charge in [0.25, 0.3) is 5.91 Å².